The maximum absolute atomic E-state index is 11.7. The number of hydrogen-bond donors (Lipinski definition) is 4. The van der Waals surface area contributed by atoms with Crippen LogP contribution in [0, 0.1) is 5.92 Å². The molecular weight excluding hydrogens is 298 g/mol. The lowest BCUT2D eigenvalue weighted by Crippen LogP contribution is -2.53. The Bertz CT molecular complexity index is 541. The zero-order chi connectivity index (χ0) is 16.3. The molecule has 2 unspecified atom stereocenters. The van der Waals surface area contributed by atoms with Crippen LogP contribution < -0.4 is 15.4 Å². The molecule has 1 aliphatic rings. The molecule has 0 heterocycles. The number of amides is 2. The second-order valence-electron chi connectivity index (χ2n) is 5.76. The largest absolute Gasteiger partial charge is 0.481 e. The van der Waals surface area contributed by atoms with Gasteiger partial charge in [0, 0.05) is 12.1 Å². The van der Waals surface area contributed by atoms with Gasteiger partial charge in [0.2, 0.25) is 10.0 Å². The van der Waals surface area contributed by atoms with E-state index in [2.05, 4.69) is 15.4 Å². The van der Waals surface area contributed by atoms with Crippen LogP contribution in [0.4, 0.5) is 4.79 Å². The van der Waals surface area contributed by atoms with Crippen molar-refractivity contribution in [3.05, 3.63) is 12.2 Å². The molecule has 0 saturated heterocycles. The van der Waals surface area contributed by atoms with E-state index in [1.165, 1.54) is 0 Å². The molecule has 21 heavy (non-hydrogen) atoms. The Kier molecular flexibility index (Phi) is 5.35. The number of rotatable bonds is 6. The summed E-state index contributed by atoms with van der Waals surface area (Å²) < 4.78 is 24.7. The Morgan fingerprint density at radius 2 is 1.95 bits per heavy atom. The van der Waals surface area contributed by atoms with Gasteiger partial charge < -0.3 is 15.7 Å². The maximum atomic E-state index is 11.7. The lowest BCUT2D eigenvalue weighted by Gasteiger charge is -2.25. The van der Waals surface area contributed by atoms with Crippen LogP contribution in [0.2, 0.25) is 0 Å². The molecule has 4 N–H and O–H groups in total. The van der Waals surface area contributed by atoms with Crippen molar-refractivity contribution in [2.24, 2.45) is 5.92 Å². The van der Waals surface area contributed by atoms with Crippen LogP contribution in [0.15, 0.2) is 12.2 Å². The molecule has 1 aliphatic carbocycles. The zero-order valence-electron chi connectivity index (χ0n) is 12.2. The molecule has 0 aromatic carbocycles. The second kappa shape index (κ2) is 6.44. The highest BCUT2D eigenvalue weighted by Crippen LogP contribution is 2.17. The molecule has 0 aliphatic heterocycles. The normalized spacial score (nSPS) is 22.0. The third-order valence-electron chi connectivity index (χ3n) is 2.87. The zero-order valence-corrected chi connectivity index (χ0v) is 13.0. The summed E-state index contributed by atoms with van der Waals surface area (Å²) in [5.41, 5.74) is -0.819. The fraction of sp³-hybridized carbons (Fsp3) is 0.667. The van der Waals surface area contributed by atoms with Crippen LogP contribution in [-0.2, 0) is 14.8 Å². The van der Waals surface area contributed by atoms with Crippen molar-refractivity contribution in [1.29, 1.82) is 0 Å². The first-order chi connectivity index (χ1) is 9.48. The fourth-order valence-electron chi connectivity index (χ4n) is 2.05. The number of carbonyl (C=O) groups excluding carboxylic acids is 1. The van der Waals surface area contributed by atoms with Gasteiger partial charge in [0.25, 0.3) is 0 Å². The van der Waals surface area contributed by atoms with Crippen LogP contribution in [0.25, 0.3) is 0 Å². The minimum atomic E-state index is -3.37. The number of urea groups is 1. The Balaban J connectivity index is 2.39. The van der Waals surface area contributed by atoms with Gasteiger partial charge in [-0.2, -0.15) is 0 Å². The van der Waals surface area contributed by atoms with Crippen LogP contribution in [0.3, 0.4) is 0 Å². The molecule has 1 rings (SSSR count). The van der Waals surface area contributed by atoms with Gasteiger partial charge in [-0.1, -0.05) is 12.2 Å². The first-order valence-electron chi connectivity index (χ1n) is 6.43. The number of carboxylic acid groups (broad SMARTS) is 1. The lowest BCUT2D eigenvalue weighted by atomic mass is 10.1. The Hall–Kier alpha value is -1.61. The SMILES string of the molecule is CC(C)(CNC(=O)NC1C=CC(C(=O)O)C1)NS(C)(=O)=O. The molecule has 2 amide bonds. The maximum Gasteiger partial charge on any atom is 0.315 e. The van der Waals surface area contributed by atoms with Crippen molar-refractivity contribution in [2.45, 2.75) is 31.8 Å². The van der Waals surface area contributed by atoms with E-state index in [4.69, 9.17) is 5.11 Å². The summed E-state index contributed by atoms with van der Waals surface area (Å²) >= 11 is 0. The van der Waals surface area contributed by atoms with Crippen LogP contribution >= 0.6 is 0 Å². The van der Waals surface area contributed by atoms with E-state index in [1.807, 2.05) is 0 Å². The van der Waals surface area contributed by atoms with E-state index >= 15 is 0 Å². The molecule has 0 radical (unpaired) electrons. The van der Waals surface area contributed by atoms with Gasteiger partial charge in [0.05, 0.1) is 18.2 Å². The topological polar surface area (TPSA) is 125 Å². The summed E-state index contributed by atoms with van der Waals surface area (Å²) in [7, 11) is -3.37. The number of carboxylic acids is 1. The van der Waals surface area contributed by atoms with Gasteiger partial charge in [-0.3, -0.25) is 4.79 Å². The summed E-state index contributed by atoms with van der Waals surface area (Å²) in [4.78, 5) is 22.5. The molecule has 0 aromatic rings. The monoisotopic (exact) mass is 319 g/mol. The predicted molar refractivity (Wildman–Crippen MR) is 77.3 cm³/mol. The number of sulfonamides is 1. The van der Waals surface area contributed by atoms with Crippen molar-refractivity contribution in [1.82, 2.24) is 15.4 Å². The van der Waals surface area contributed by atoms with Crippen molar-refractivity contribution in [3.63, 3.8) is 0 Å². The van der Waals surface area contributed by atoms with Gasteiger partial charge in [-0.15, -0.1) is 0 Å². The Morgan fingerprint density at radius 1 is 1.33 bits per heavy atom. The standard InChI is InChI=1S/C12H21N3O5S/c1-12(2,15-21(3,19)20)7-13-11(18)14-9-5-4-8(6-9)10(16)17/h4-5,8-9,15H,6-7H2,1-3H3,(H,16,17)(H2,13,14,18). The van der Waals surface area contributed by atoms with Crippen molar-refractivity contribution in [2.75, 3.05) is 12.8 Å². The molecule has 120 valence electrons. The highest BCUT2D eigenvalue weighted by molar-refractivity contribution is 7.88. The van der Waals surface area contributed by atoms with Crippen molar-refractivity contribution < 1.29 is 23.1 Å². The molecule has 0 saturated carbocycles. The third kappa shape index (κ3) is 6.58. The van der Waals surface area contributed by atoms with Crippen LogP contribution in [0.1, 0.15) is 20.3 Å². The highest BCUT2D eigenvalue weighted by atomic mass is 32.2. The Labute approximate surface area is 124 Å². The van der Waals surface area contributed by atoms with Gasteiger partial charge in [-0.05, 0) is 20.3 Å². The van der Waals surface area contributed by atoms with Gasteiger partial charge >= 0.3 is 12.0 Å². The minimum absolute atomic E-state index is 0.102. The Morgan fingerprint density at radius 3 is 2.43 bits per heavy atom. The number of carbonyl (C=O) groups is 2. The summed E-state index contributed by atoms with van der Waals surface area (Å²) in [5.74, 6) is -1.51. The molecule has 9 heteroatoms. The van der Waals surface area contributed by atoms with Gasteiger partial charge in [0.15, 0.2) is 0 Å². The number of hydrogen-bond acceptors (Lipinski definition) is 4. The van der Waals surface area contributed by atoms with Crippen LogP contribution in [0.5, 0.6) is 0 Å². The van der Waals surface area contributed by atoms with Gasteiger partial charge in [0.1, 0.15) is 0 Å². The quantitative estimate of drug-likeness (QED) is 0.498. The first-order valence-corrected chi connectivity index (χ1v) is 8.32. The molecule has 0 fully saturated rings. The summed E-state index contributed by atoms with van der Waals surface area (Å²) in [6.45, 7) is 3.39. The van der Waals surface area contributed by atoms with Gasteiger partial charge in [-0.25, -0.2) is 17.9 Å². The molecule has 0 bridgehead atoms. The van der Waals surface area contributed by atoms with E-state index in [-0.39, 0.29) is 12.6 Å². The lowest BCUT2D eigenvalue weighted by molar-refractivity contribution is -0.140. The summed E-state index contributed by atoms with van der Waals surface area (Å²) in [6, 6.07) is -0.809. The van der Waals surface area contributed by atoms with Crippen molar-refractivity contribution >= 4 is 22.0 Å². The average Bonchev–Trinajstić information content (AvgIpc) is 2.72. The number of aliphatic carboxylic acids is 1. The molecular formula is C12H21N3O5S. The third-order valence-corrected chi connectivity index (χ3v) is 3.79. The highest BCUT2D eigenvalue weighted by Gasteiger charge is 2.26. The molecule has 8 nitrogen and oxygen atoms in total. The summed E-state index contributed by atoms with van der Waals surface area (Å²) in [6.07, 6.45) is 4.54. The molecule has 0 spiro atoms. The molecule has 0 aromatic heterocycles. The minimum Gasteiger partial charge on any atom is -0.481 e. The van der Waals surface area contributed by atoms with Crippen LogP contribution in [-0.4, -0.2) is 49.9 Å². The predicted octanol–water partition coefficient (Wildman–Crippen LogP) is -0.357. The van der Waals surface area contributed by atoms with E-state index in [0.29, 0.717) is 6.42 Å². The fourth-order valence-corrected chi connectivity index (χ4v) is 3.12. The van der Waals surface area contributed by atoms with E-state index in [0.717, 1.165) is 6.26 Å². The van der Waals surface area contributed by atoms with E-state index in [1.54, 1.807) is 26.0 Å². The van der Waals surface area contributed by atoms with E-state index in [9.17, 15) is 18.0 Å². The van der Waals surface area contributed by atoms with E-state index < -0.39 is 33.5 Å². The smallest absolute Gasteiger partial charge is 0.315 e. The molecule has 2 atom stereocenters. The average molecular weight is 319 g/mol. The van der Waals surface area contributed by atoms with Crippen molar-refractivity contribution in [3.8, 4) is 0 Å². The first kappa shape index (κ1) is 17.4. The number of nitrogens with one attached hydrogen (secondary N) is 3. The second-order valence-corrected chi connectivity index (χ2v) is 7.51. The summed E-state index contributed by atoms with van der Waals surface area (Å²) in [5, 5.41) is 14.0.